The Balaban J connectivity index is 1.83. The number of carbonyl (C=O) groups is 2. The molecule has 0 fully saturated rings. The average molecular weight is 626 g/mol. The van der Waals surface area contributed by atoms with Gasteiger partial charge in [-0.05, 0) is 47.7 Å². The number of carbonyl (C=O) groups excluding carboxylic acids is 2. The fraction of sp³-hybridized carbons (Fsp3) is 0.310. The molecular weight excluding hydrogens is 592 g/mol. The zero-order valence-corrected chi connectivity index (χ0v) is 25.4. The highest BCUT2D eigenvalue weighted by molar-refractivity contribution is 7.90. The van der Waals surface area contributed by atoms with Crippen LogP contribution in [0.25, 0.3) is 11.1 Å². The van der Waals surface area contributed by atoms with E-state index in [9.17, 15) is 28.2 Å². The van der Waals surface area contributed by atoms with Crippen molar-refractivity contribution in [3.8, 4) is 17.2 Å². The van der Waals surface area contributed by atoms with E-state index >= 15 is 0 Å². The summed E-state index contributed by atoms with van der Waals surface area (Å²) in [6.45, 7) is -0.750. The van der Waals surface area contributed by atoms with Gasteiger partial charge in [-0.3, -0.25) is 15.0 Å². The van der Waals surface area contributed by atoms with Crippen LogP contribution < -0.4 is 16.4 Å². The van der Waals surface area contributed by atoms with E-state index in [2.05, 4.69) is 16.7 Å². The van der Waals surface area contributed by atoms with Gasteiger partial charge in [0.25, 0.3) is 6.54 Å². The molecule has 2 aromatic carbocycles. The number of rotatable bonds is 15. The first kappa shape index (κ1) is 32.9. The summed E-state index contributed by atoms with van der Waals surface area (Å²) in [7, 11) is -2.38. The number of nitrogens with one attached hydrogen (secondary N) is 3. The van der Waals surface area contributed by atoms with Gasteiger partial charge in [-0.2, -0.15) is 5.26 Å². The molecule has 0 aliphatic rings. The normalized spacial score (nSPS) is 12.4. The maximum absolute atomic E-state index is 13.7. The van der Waals surface area contributed by atoms with E-state index in [-0.39, 0.29) is 35.9 Å². The van der Waals surface area contributed by atoms with Gasteiger partial charge in [-0.1, -0.05) is 42.5 Å². The van der Waals surface area contributed by atoms with E-state index < -0.39 is 40.2 Å². The number of nitrogens with zero attached hydrogens (tertiary/aromatic N) is 2. The van der Waals surface area contributed by atoms with Crippen molar-refractivity contribution in [1.29, 1.82) is 10.7 Å². The number of thiophene rings is 1. The molecule has 0 saturated carbocycles. The van der Waals surface area contributed by atoms with Crippen molar-refractivity contribution in [3.63, 3.8) is 0 Å². The first-order chi connectivity index (χ1) is 20.4. The third-order valence-corrected chi connectivity index (χ3v) is 8.78. The Morgan fingerprint density at radius 3 is 2.42 bits per heavy atom. The second kappa shape index (κ2) is 14.5. The second-order valence-corrected chi connectivity index (χ2v) is 13.4. The molecule has 0 aliphatic carbocycles. The number of hydrogen-bond donors (Lipinski definition) is 4. The molecule has 1 aromatic heterocycles. The number of hydrogen-bond acceptors (Lipinski definition) is 9. The first-order valence-corrected chi connectivity index (χ1v) is 16.0. The van der Waals surface area contributed by atoms with Crippen LogP contribution in [-0.4, -0.2) is 63.2 Å². The highest BCUT2D eigenvalue weighted by Crippen LogP contribution is 2.31. The van der Waals surface area contributed by atoms with Crippen molar-refractivity contribution < 1.29 is 27.8 Å². The van der Waals surface area contributed by atoms with Crippen LogP contribution in [0, 0.1) is 27.1 Å². The van der Waals surface area contributed by atoms with Crippen molar-refractivity contribution in [2.45, 2.75) is 19.4 Å². The lowest BCUT2D eigenvalue weighted by atomic mass is 9.77. The first-order valence-electron chi connectivity index (χ1n) is 13.1. The van der Waals surface area contributed by atoms with Crippen LogP contribution in [0.1, 0.15) is 27.3 Å². The molecule has 0 bridgehead atoms. The van der Waals surface area contributed by atoms with Gasteiger partial charge in [0.15, 0.2) is 7.11 Å². The maximum Gasteiger partial charge on any atom is 0.262 e. The Morgan fingerprint density at radius 1 is 1.12 bits per heavy atom. The number of sulfone groups is 1. The van der Waals surface area contributed by atoms with Crippen LogP contribution in [0.5, 0.6) is 0 Å². The van der Waals surface area contributed by atoms with Crippen LogP contribution in [0.15, 0.2) is 60.7 Å². The summed E-state index contributed by atoms with van der Waals surface area (Å²) in [5, 5.41) is 22.2. The summed E-state index contributed by atoms with van der Waals surface area (Å²) in [6, 6.07) is 19.7. The summed E-state index contributed by atoms with van der Waals surface area (Å²) in [5.74, 6) is -1.65. The fourth-order valence-electron chi connectivity index (χ4n) is 4.42. The zero-order valence-electron chi connectivity index (χ0n) is 23.8. The van der Waals surface area contributed by atoms with E-state index in [4.69, 9.17) is 16.0 Å². The van der Waals surface area contributed by atoms with Gasteiger partial charge in [-0.25, -0.2) is 13.3 Å². The molecule has 0 aliphatic heterocycles. The number of nitrogen functional groups attached to an aromatic ring is 1. The van der Waals surface area contributed by atoms with E-state index in [0.717, 1.165) is 29.4 Å². The SMILES string of the molecule is CO[N+](=O)CC(CCS(C)(=O)=O)(Cc1ccc(-c2ccccc2C#N)cc1)C(=O)NCC(=O)NCc1ccc(C(=N)N)s1. The van der Waals surface area contributed by atoms with Crippen LogP contribution >= 0.6 is 11.3 Å². The number of amidine groups is 1. The number of nitrogens with two attached hydrogens (primary N) is 1. The molecule has 5 N–H and O–H groups in total. The number of benzene rings is 2. The van der Waals surface area contributed by atoms with Crippen molar-refractivity contribution >= 4 is 38.8 Å². The largest absolute Gasteiger partial charge is 0.383 e. The molecule has 226 valence electrons. The van der Waals surface area contributed by atoms with Crippen molar-refractivity contribution in [2.24, 2.45) is 11.1 Å². The Labute approximate surface area is 253 Å². The lowest BCUT2D eigenvalue weighted by molar-refractivity contribution is -0.801. The van der Waals surface area contributed by atoms with Crippen molar-refractivity contribution in [3.05, 3.63) is 86.5 Å². The average Bonchev–Trinajstić information content (AvgIpc) is 3.47. The highest BCUT2D eigenvalue weighted by atomic mass is 32.2. The number of nitriles is 1. The van der Waals surface area contributed by atoms with Gasteiger partial charge in [0.05, 0.1) is 40.3 Å². The molecular formula is C29H33N6O6S2+. The monoisotopic (exact) mass is 625 g/mol. The summed E-state index contributed by atoms with van der Waals surface area (Å²) < 4.78 is 24.3. The molecule has 0 radical (unpaired) electrons. The van der Waals surface area contributed by atoms with Crippen LogP contribution in [0.3, 0.4) is 0 Å². The second-order valence-electron chi connectivity index (χ2n) is 10.0. The lowest BCUT2D eigenvalue weighted by Crippen LogP contribution is -2.50. The fourth-order valence-corrected chi connectivity index (χ4v) is 5.99. The van der Waals surface area contributed by atoms with Gasteiger partial charge >= 0.3 is 0 Å². The van der Waals surface area contributed by atoms with E-state index in [1.165, 1.54) is 11.3 Å². The van der Waals surface area contributed by atoms with Gasteiger partial charge in [-0.15, -0.1) is 11.3 Å². The quantitative estimate of drug-likeness (QED) is 0.112. The Bertz CT molecular complexity index is 1650. The van der Waals surface area contributed by atoms with Crippen molar-refractivity contribution in [1.82, 2.24) is 10.6 Å². The predicted octanol–water partition coefficient (Wildman–Crippen LogP) is 2.31. The molecule has 12 nitrogen and oxygen atoms in total. The summed E-state index contributed by atoms with van der Waals surface area (Å²) in [6.07, 6.45) is 0.808. The van der Waals surface area contributed by atoms with E-state index in [1.807, 2.05) is 12.1 Å². The maximum atomic E-state index is 13.7. The molecule has 0 saturated heterocycles. The smallest absolute Gasteiger partial charge is 0.262 e. The third-order valence-electron chi connectivity index (χ3n) is 6.72. The van der Waals surface area contributed by atoms with Crippen LogP contribution in [-0.2, 0) is 37.2 Å². The molecule has 43 heavy (non-hydrogen) atoms. The predicted molar refractivity (Wildman–Crippen MR) is 163 cm³/mol. The molecule has 0 spiro atoms. The number of amides is 2. The minimum Gasteiger partial charge on any atom is -0.383 e. The van der Waals surface area contributed by atoms with Crippen molar-refractivity contribution in [2.75, 3.05) is 32.2 Å². The molecule has 14 heteroatoms. The summed E-state index contributed by atoms with van der Waals surface area (Å²) in [4.78, 5) is 45.0. The summed E-state index contributed by atoms with van der Waals surface area (Å²) >= 11 is 1.25. The minimum atomic E-state index is -3.52. The topological polar surface area (TPSA) is 195 Å². The lowest BCUT2D eigenvalue weighted by Gasteiger charge is -2.28. The van der Waals surface area contributed by atoms with Gasteiger partial charge in [0, 0.05) is 11.1 Å². The molecule has 2 amide bonds. The Morgan fingerprint density at radius 2 is 1.81 bits per heavy atom. The van der Waals surface area contributed by atoms with Gasteiger partial charge in [0.2, 0.25) is 16.7 Å². The van der Waals surface area contributed by atoms with Gasteiger partial charge in [0.1, 0.15) is 21.1 Å². The summed E-state index contributed by atoms with van der Waals surface area (Å²) in [5.41, 5.74) is 6.54. The van der Waals surface area contributed by atoms with E-state index in [1.54, 1.807) is 48.5 Å². The van der Waals surface area contributed by atoms with Gasteiger partial charge < -0.3 is 16.4 Å². The Kier molecular flexibility index (Phi) is 11.1. The Hall–Kier alpha value is -4.61. The highest BCUT2D eigenvalue weighted by Gasteiger charge is 2.46. The molecule has 3 aromatic rings. The third kappa shape index (κ3) is 9.45. The molecule has 1 unspecified atom stereocenters. The van der Waals surface area contributed by atoms with Crippen LogP contribution in [0.4, 0.5) is 0 Å². The molecule has 1 atom stereocenters. The zero-order chi connectivity index (χ0) is 31.6. The standard InChI is InChI=1S/C29H32N6O6S2/c1-41-35(38)19-29(13-14-43(2,39)40,15-20-7-9-21(10-8-20)24-6-4-3-5-22(24)16-30)28(37)34-18-26(36)33-17-23-11-12-25(42-23)27(31)32/h3-12H,13-15,17-19H2,1-2H3,(H4-,31,32,33,34,36,37)/p+1. The van der Waals surface area contributed by atoms with Crippen LogP contribution in [0.2, 0.25) is 0 Å². The van der Waals surface area contributed by atoms with E-state index in [0.29, 0.717) is 16.0 Å². The minimum absolute atomic E-state index is 0.0265. The molecule has 3 rings (SSSR count). The molecule has 1 heterocycles.